The molecule has 0 bridgehead atoms. The lowest BCUT2D eigenvalue weighted by Gasteiger charge is -2.48. The molecule has 1 aromatic carbocycles. The Morgan fingerprint density at radius 3 is 2.76 bits per heavy atom. The predicted molar refractivity (Wildman–Crippen MR) is 90.2 cm³/mol. The topological polar surface area (TPSA) is 15.3 Å². The summed E-state index contributed by atoms with van der Waals surface area (Å²) in [7, 11) is 0. The van der Waals surface area contributed by atoms with E-state index in [1.165, 1.54) is 32.1 Å². The highest BCUT2D eigenvalue weighted by Crippen LogP contribution is 2.38. The van der Waals surface area contributed by atoms with E-state index < -0.39 is 0 Å². The molecule has 2 fully saturated rings. The standard InChI is InChI=1S/C17H24Cl2N2/c1-2-15-11-21(17(12-20-15)7-3-4-8-17)10-13-9-14(18)5-6-16(13)19/h5-6,9,15,20H,2-4,7-8,10-12H2,1H3. The number of halogens is 2. The van der Waals surface area contributed by atoms with Gasteiger partial charge in [-0.15, -0.1) is 0 Å². The zero-order valence-electron chi connectivity index (χ0n) is 12.7. The van der Waals surface area contributed by atoms with Crippen LogP contribution in [0.15, 0.2) is 18.2 Å². The van der Waals surface area contributed by atoms with Gasteiger partial charge in [0.1, 0.15) is 0 Å². The fourth-order valence-electron chi connectivity index (χ4n) is 3.87. The lowest BCUT2D eigenvalue weighted by atomic mass is 9.90. The van der Waals surface area contributed by atoms with Gasteiger partial charge in [0.05, 0.1) is 0 Å². The summed E-state index contributed by atoms with van der Waals surface area (Å²) in [4.78, 5) is 2.67. The summed E-state index contributed by atoms with van der Waals surface area (Å²) >= 11 is 12.5. The highest BCUT2D eigenvalue weighted by Gasteiger charge is 2.43. The van der Waals surface area contributed by atoms with E-state index in [2.05, 4.69) is 17.1 Å². The van der Waals surface area contributed by atoms with Gasteiger partial charge in [0.2, 0.25) is 0 Å². The van der Waals surface area contributed by atoms with E-state index in [-0.39, 0.29) is 0 Å². The van der Waals surface area contributed by atoms with Crippen LogP contribution in [0.2, 0.25) is 10.0 Å². The first-order chi connectivity index (χ1) is 10.1. The Hall–Kier alpha value is -0.280. The third-order valence-corrected chi connectivity index (χ3v) is 5.83. The van der Waals surface area contributed by atoms with Crippen molar-refractivity contribution in [3.8, 4) is 0 Å². The number of hydrogen-bond acceptors (Lipinski definition) is 2. The van der Waals surface area contributed by atoms with Gasteiger partial charge in [0, 0.05) is 41.3 Å². The van der Waals surface area contributed by atoms with E-state index in [1.807, 2.05) is 18.2 Å². The lowest BCUT2D eigenvalue weighted by Crippen LogP contribution is -2.62. The van der Waals surface area contributed by atoms with Crippen molar-refractivity contribution in [1.29, 1.82) is 0 Å². The number of piperazine rings is 1. The number of nitrogens with zero attached hydrogens (tertiary/aromatic N) is 1. The SMILES string of the molecule is CCC1CN(Cc2cc(Cl)ccc2Cl)C2(CCCC2)CN1. The van der Waals surface area contributed by atoms with Crippen molar-refractivity contribution in [2.45, 2.75) is 57.2 Å². The highest BCUT2D eigenvalue weighted by atomic mass is 35.5. The second-order valence-electron chi connectivity index (χ2n) is 6.53. The van der Waals surface area contributed by atoms with E-state index >= 15 is 0 Å². The number of hydrogen-bond donors (Lipinski definition) is 1. The molecule has 1 aliphatic carbocycles. The maximum Gasteiger partial charge on any atom is 0.0452 e. The molecule has 0 radical (unpaired) electrons. The summed E-state index contributed by atoms with van der Waals surface area (Å²) in [6.45, 7) is 5.40. The Kier molecular flexibility index (Phi) is 4.80. The van der Waals surface area contributed by atoms with Gasteiger partial charge in [-0.3, -0.25) is 4.90 Å². The molecular formula is C17H24Cl2N2. The Morgan fingerprint density at radius 1 is 1.29 bits per heavy atom. The predicted octanol–water partition coefficient (Wildman–Crippen LogP) is 4.49. The number of nitrogens with one attached hydrogen (secondary N) is 1. The van der Waals surface area contributed by atoms with Crippen LogP contribution < -0.4 is 5.32 Å². The van der Waals surface area contributed by atoms with Crippen LogP contribution in [0.5, 0.6) is 0 Å². The van der Waals surface area contributed by atoms with Crippen LogP contribution in [-0.2, 0) is 6.54 Å². The second-order valence-corrected chi connectivity index (χ2v) is 7.38. The van der Waals surface area contributed by atoms with Crippen molar-refractivity contribution in [3.63, 3.8) is 0 Å². The first-order valence-electron chi connectivity index (χ1n) is 8.05. The van der Waals surface area contributed by atoms with Crippen LogP contribution in [0.3, 0.4) is 0 Å². The molecule has 0 amide bonds. The maximum absolute atomic E-state index is 6.38. The van der Waals surface area contributed by atoms with E-state index in [4.69, 9.17) is 23.2 Å². The van der Waals surface area contributed by atoms with Crippen LogP contribution in [0.25, 0.3) is 0 Å². The molecule has 116 valence electrons. The second kappa shape index (κ2) is 6.45. The van der Waals surface area contributed by atoms with Gasteiger partial charge in [-0.1, -0.05) is 43.0 Å². The third-order valence-electron chi connectivity index (χ3n) is 5.23. The van der Waals surface area contributed by atoms with E-state index in [1.54, 1.807) is 0 Å². The van der Waals surface area contributed by atoms with Crippen molar-refractivity contribution < 1.29 is 0 Å². The summed E-state index contributed by atoms with van der Waals surface area (Å²) < 4.78 is 0. The minimum atomic E-state index is 0.331. The summed E-state index contributed by atoms with van der Waals surface area (Å²) in [5, 5.41) is 5.35. The third kappa shape index (κ3) is 3.24. The fraction of sp³-hybridized carbons (Fsp3) is 0.647. The van der Waals surface area contributed by atoms with Crippen LogP contribution in [-0.4, -0.2) is 29.6 Å². The van der Waals surface area contributed by atoms with Crippen molar-refractivity contribution in [1.82, 2.24) is 10.2 Å². The van der Waals surface area contributed by atoms with E-state index in [0.717, 1.165) is 35.2 Å². The lowest BCUT2D eigenvalue weighted by molar-refractivity contribution is 0.0349. The molecule has 1 spiro atoms. The largest absolute Gasteiger partial charge is 0.311 e. The van der Waals surface area contributed by atoms with Gasteiger partial charge >= 0.3 is 0 Å². The Morgan fingerprint density at radius 2 is 2.05 bits per heavy atom. The summed E-state index contributed by atoms with van der Waals surface area (Å²) in [6, 6.07) is 6.40. The zero-order valence-corrected chi connectivity index (χ0v) is 14.2. The minimum Gasteiger partial charge on any atom is -0.311 e. The van der Waals surface area contributed by atoms with Crippen molar-refractivity contribution in [3.05, 3.63) is 33.8 Å². The summed E-state index contributed by atoms with van der Waals surface area (Å²) in [6.07, 6.45) is 6.47. The van der Waals surface area contributed by atoms with Crippen molar-refractivity contribution in [2.24, 2.45) is 0 Å². The van der Waals surface area contributed by atoms with E-state index in [0.29, 0.717) is 11.6 Å². The summed E-state index contributed by atoms with van der Waals surface area (Å²) in [5.74, 6) is 0. The van der Waals surface area contributed by atoms with Gasteiger partial charge in [0.25, 0.3) is 0 Å². The number of benzene rings is 1. The van der Waals surface area contributed by atoms with Gasteiger partial charge in [0.15, 0.2) is 0 Å². The molecule has 1 aliphatic heterocycles. The minimum absolute atomic E-state index is 0.331. The highest BCUT2D eigenvalue weighted by molar-refractivity contribution is 6.33. The molecule has 21 heavy (non-hydrogen) atoms. The van der Waals surface area contributed by atoms with Crippen molar-refractivity contribution in [2.75, 3.05) is 13.1 Å². The van der Waals surface area contributed by atoms with Gasteiger partial charge in [-0.05, 0) is 43.0 Å². The first-order valence-corrected chi connectivity index (χ1v) is 8.81. The van der Waals surface area contributed by atoms with Gasteiger partial charge in [-0.2, -0.15) is 0 Å². The van der Waals surface area contributed by atoms with E-state index in [9.17, 15) is 0 Å². The molecule has 0 aromatic heterocycles. The Balaban J connectivity index is 1.83. The average Bonchev–Trinajstić information content (AvgIpc) is 2.95. The summed E-state index contributed by atoms with van der Waals surface area (Å²) in [5.41, 5.74) is 1.49. The van der Waals surface area contributed by atoms with Crippen LogP contribution in [0, 0.1) is 0 Å². The molecule has 4 heteroatoms. The molecule has 1 atom stereocenters. The molecule has 1 unspecified atom stereocenters. The first kappa shape index (κ1) is 15.6. The number of rotatable bonds is 3. The molecule has 1 saturated carbocycles. The van der Waals surface area contributed by atoms with Crippen LogP contribution >= 0.6 is 23.2 Å². The van der Waals surface area contributed by atoms with Gasteiger partial charge in [-0.25, -0.2) is 0 Å². The quantitative estimate of drug-likeness (QED) is 0.880. The molecule has 1 saturated heterocycles. The molecular weight excluding hydrogens is 303 g/mol. The van der Waals surface area contributed by atoms with Crippen molar-refractivity contribution >= 4 is 23.2 Å². The smallest absolute Gasteiger partial charge is 0.0452 e. The normalized spacial score (nSPS) is 25.6. The van der Waals surface area contributed by atoms with Gasteiger partial charge < -0.3 is 5.32 Å². The average molecular weight is 327 g/mol. The Bertz CT molecular complexity index is 498. The molecule has 2 nitrogen and oxygen atoms in total. The molecule has 1 heterocycles. The molecule has 1 N–H and O–H groups in total. The maximum atomic E-state index is 6.38. The monoisotopic (exact) mass is 326 g/mol. The molecule has 3 rings (SSSR count). The van der Waals surface area contributed by atoms with Crippen LogP contribution in [0.1, 0.15) is 44.6 Å². The molecule has 1 aromatic rings. The fourth-order valence-corrected chi connectivity index (χ4v) is 4.24. The molecule has 2 aliphatic rings. The Labute approximate surface area is 137 Å². The van der Waals surface area contributed by atoms with Crippen LogP contribution in [0.4, 0.5) is 0 Å². The zero-order chi connectivity index (χ0) is 14.9.